The molecule has 0 aliphatic carbocycles. The van der Waals surface area contributed by atoms with Gasteiger partial charge in [0.1, 0.15) is 22.2 Å². The number of alkyl halides is 2. The van der Waals surface area contributed by atoms with Crippen molar-refractivity contribution >= 4 is 51.8 Å². The molecule has 1 aliphatic heterocycles. The van der Waals surface area contributed by atoms with E-state index < -0.39 is 42.5 Å². The highest BCUT2D eigenvalue weighted by Crippen LogP contribution is 2.37. The van der Waals surface area contributed by atoms with Crippen LogP contribution in [-0.4, -0.2) is 68.0 Å². The van der Waals surface area contributed by atoms with E-state index in [1.165, 1.54) is 30.5 Å². The lowest BCUT2D eigenvalue weighted by atomic mass is 10.00. The van der Waals surface area contributed by atoms with Crippen LogP contribution in [0, 0.1) is 6.92 Å². The minimum Gasteiger partial charge on any atom is -0.494 e. The van der Waals surface area contributed by atoms with E-state index in [0.717, 1.165) is 28.5 Å². The van der Waals surface area contributed by atoms with Crippen molar-refractivity contribution < 1.29 is 42.2 Å². The Bertz CT molecular complexity index is 1950. The molecule has 0 bridgehead atoms. The highest BCUT2D eigenvalue weighted by Gasteiger charge is 2.33. The van der Waals surface area contributed by atoms with Crippen LogP contribution in [0.2, 0.25) is 5.15 Å². The Balaban J connectivity index is 1.42. The molecule has 0 atom stereocenters. The summed E-state index contributed by atoms with van der Waals surface area (Å²) in [5, 5.41) is 0.327. The summed E-state index contributed by atoms with van der Waals surface area (Å²) in [5.41, 5.74) is 1.04. The Morgan fingerprint density at radius 2 is 1.75 bits per heavy atom. The van der Waals surface area contributed by atoms with Gasteiger partial charge in [-0.3, -0.25) is 29.1 Å². The molecule has 5 rings (SSSR count). The number of hydrogen-bond donors (Lipinski definition) is 0. The number of rotatable bonds is 11. The summed E-state index contributed by atoms with van der Waals surface area (Å²) in [6.45, 7) is 6.49. The van der Waals surface area contributed by atoms with Crippen molar-refractivity contribution in [3.63, 3.8) is 0 Å². The standard InChI is InChI=1S/C34H33ClF2N6O7S/c1-18-10-20(21-11-27(35)40-14-25(21)48-5)22(13-38-18)31(46)43(17-49-28(44)8-9-29(45)50-34(2,3)4)33-41-24-15-42(16-26(24)51-33)32(47)23-7-6-19(12-39-23)30(36)37/h6-7,10-14,30H,8-9,15-17H2,1-5H3. The van der Waals surface area contributed by atoms with Gasteiger partial charge in [-0.05, 0) is 52.0 Å². The third-order valence-corrected chi connectivity index (χ3v) is 8.70. The highest BCUT2D eigenvalue weighted by molar-refractivity contribution is 7.16. The molecule has 0 radical (unpaired) electrons. The predicted octanol–water partition coefficient (Wildman–Crippen LogP) is 6.33. The van der Waals surface area contributed by atoms with Crippen molar-refractivity contribution in [3.8, 4) is 16.9 Å². The van der Waals surface area contributed by atoms with E-state index in [0.29, 0.717) is 33.1 Å². The summed E-state index contributed by atoms with van der Waals surface area (Å²) >= 11 is 7.33. The normalized spacial score (nSPS) is 12.5. The predicted molar refractivity (Wildman–Crippen MR) is 181 cm³/mol. The second-order valence-corrected chi connectivity index (χ2v) is 13.8. The summed E-state index contributed by atoms with van der Waals surface area (Å²) in [6, 6.07) is 5.62. The molecular formula is C34H33ClF2N6O7S. The molecule has 2 amide bonds. The van der Waals surface area contributed by atoms with Crippen LogP contribution in [0.1, 0.15) is 82.7 Å². The molecular weight excluding hydrogens is 710 g/mol. The van der Waals surface area contributed by atoms with Crippen molar-refractivity contribution in [2.75, 3.05) is 18.7 Å². The van der Waals surface area contributed by atoms with Gasteiger partial charge < -0.3 is 19.1 Å². The van der Waals surface area contributed by atoms with Crippen molar-refractivity contribution in [1.82, 2.24) is 24.8 Å². The van der Waals surface area contributed by atoms with E-state index >= 15 is 0 Å². The maximum absolute atomic E-state index is 14.4. The van der Waals surface area contributed by atoms with Gasteiger partial charge in [-0.2, -0.15) is 0 Å². The number of nitrogens with zero attached hydrogens (tertiary/aromatic N) is 6. The minimum atomic E-state index is -2.71. The molecule has 5 heterocycles. The molecule has 51 heavy (non-hydrogen) atoms. The Hall–Kier alpha value is -5.09. The smallest absolute Gasteiger partial charge is 0.308 e. The van der Waals surface area contributed by atoms with Gasteiger partial charge in [0.2, 0.25) is 0 Å². The first kappa shape index (κ1) is 37.2. The average molecular weight is 743 g/mol. The second-order valence-electron chi connectivity index (χ2n) is 12.3. The zero-order valence-electron chi connectivity index (χ0n) is 28.2. The Labute approximate surface area is 300 Å². The van der Waals surface area contributed by atoms with E-state index in [4.69, 9.17) is 25.8 Å². The number of carbonyl (C=O) groups is 4. The monoisotopic (exact) mass is 742 g/mol. The largest absolute Gasteiger partial charge is 0.494 e. The molecule has 0 N–H and O–H groups in total. The number of fused-ring (bicyclic) bond motifs is 1. The number of halogens is 3. The fourth-order valence-corrected chi connectivity index (χ4v) is 6.23. The van der Waals surface area contributed by atoms with Crippen molar-refractivity contribution in [2.45, 2.75) is 65.7 Å². The summed E-state index contributed by atoms with van der Waals surface area (Å²) in [5.74, 6) is -2.10. The molecule has 0 saturated heterocycles. The Morgan fingerprint density at radius 1 is 1.00 bits per heavy atom. The van der Waals surface area contributed by atoms with Crippen LogP contribution in [0.3, 0.4) is 0 Å². The fourth-order valence-electron chi connectivity index (χ4n) is 5.00. The number of aryl methyl sites for hydroxylation is 1. The number of aromatic nitrogens is 4. The lowest BCUT2D eigenvalue weighted by Gasteiger charge is -2.22. The SMILES string of the molecule is COc1cnc(Cl)cc1-c1cc(C)ncc1C(=O)N(COC(=O)CCC(=O)OC(C)(C)C)c1nc2c(s1)CN(C(=O)c1ccc(C(F)F)cn1)C2. The fraction of sp³-hybridized carbons (Fsp3) is 0.353. The van der Waals surface area contributed by atoms with Crippen LogP contribution in [0.5, 0.6) is 5.75 Å². The number of hydrogen-bond acceptors (Lipinski definition) is 12. The van der Waals surface area contributed by atoms with Gasteiger partial charge in [0.05, 0.1) is 55.4 Å². The van der Waals surface area contributed by atoms with Crippen LogP contribution in [0.25, 0.3) is 11.1 Å². The number of esters is 2. The lowest BCUT2D eigenvalue weighted by molar-refractivity contribution is -0.158. The summed E-state index contributed by atoms with van der Waals surface area (Å²) in [7, 11) is 1.45. The first-order valence-corrected chi connectivity index (χ1v) is 16.7. The minimum absolute atomic E-state index is 0.00378. The number of thiazole rings is 1. The highest BCUT2D eigenvalue weighted by atomic mass is 35.5. The number of pyridine rings is 3. The third-order valence-electron chi connectivity index (χ3n) is 7.39. The van der Waals surface area contributed by atoms with E-state index in [1.54, 1.807) is 39.8 Å². The Kier molecular flexibility index (Phi) is 11.2. The van der Waals surface area contributed by atoms with E-state index in [9.17, 15) is 28.0 Å². The summed E-state index contributed by atoms with van der Waals surface area (Å²) in [4.78, 5) is 72.7. The molecule has 13 nitrogen and oxygen atoms in total. The van der Waals surface area contributed by atoms with E-state index in [-0.39, 0.29) is 53.0 Å². The number of methoxy groups -OCH3 is 1. The van der Waals surface area contributed by atoms with Crippen molar-refractivity contribution in [2.24, 2.45) is 0 Å². The Morgan fingerprint density at radius 3 is 2.39 bits per heavy atom. The lowest BCUT2D eigenvalue weighted by Crippen LogP contribution is -2.35. The van der Waals surface area contributed by atoms with Crippen LogP contribution in [0.4, 0.5) is 13.9 Å². The molecule has 268 valence electrons. The molecule has 0 unspecified atom stereocenters. The zero-order chi connectivity index (χ0) is 37.0. The maximum Gasteiger partial charge on any atom is 0.308 e. The number of ether oxygens (including phenoxy) is 3. The second kappa shape index (κ2) is 15.4. The number of anilines is 1. The average Bonchev–Trinajstić information content (AvgIpc) is 3.66. The van der Waals surface area contributed by atoms with E-state index in [2.05, 4.69) is 19.9 Å². The van der Waals surface area contributed by atoms with E-state index in [1.807, 2.05) is 0 Å². The summed E-state index contributed by atoms with van der Waals surface area (Å²) < 4.78 is 42.2. The van der Waals surface area contributed by atoms with Crippen molar-refractivity contribution in [1.29, 1.82) is 0 Å². The molecule has 4 aromatic rings. The quantitative estimate of drug-likeness (QED) is 0.0962. The number of carbonyl (C=O) groups excluding carboxylic acids is 4. The topological polar surface area (TPSA) is 154 Å². The molecule has 4 aromatic heterocycles. The van der Waals surface area contributed by atoms with Gasteiger partial charge in [-0.15, -0.1) is 0 Å². The van der Waals surface area contributed by atoms with Gasteiger partial charge in [-0.1, -0.05) is 22.9 Å². The summed E-state index contributed by atoms with van der Waals surface area (Å²) in [6.07, 6.45) is 0.530. The molecule has 0 spiro atoms. The van der Waals surface area contributed by atoms with Crippen LogP contribution < -0.4 is 9.64 Å². The molecule has 0 aromatic carbocycles. The van der Waals surface area contributed by atoms with Gasteiger partial charge in [0, 0.05) is 34.8 Å². The van der Waals surface area contributed by atoms with Gasteiger partial charge in [0.15, 0.2) is 11.9 Å². The first-order chi connectivity index (χ1) is 24.1. The van der Waals surface area contributed by atoms with Crippen LogP contribution in [0.15, 0.2) is 42.9 Å². The number of amides is 2. The first-order valence-electron chi connectivity index (χ1n) is 15.5. The molecule has 0 fully saturated rings. The van der Waals surface area contributed by atoms with Gasteiger partial charge >= 0.3 is 11.9 Å². The third kappa shape index (κ3) is 8.99. The zero-order valence-corrected chi connectivity index (χ0v) is 29.8. The van der Waals surface area contributed by atoms with Crippen LogP contribution in [-0.2, 0) is 32.2 Å². The molecule has 0 saturated carbocycles. The van der Waals surface area contributed by atoms with Gasteiger partial charge in [-0.25, -0.2) is 23.6 Å². The van der Waals surface area contributed by atoms with Crippen LogP contribution >= 0.6 is 22.9 Å². The molecule has 17 heteroatoms. The van der Waals surface area contributed by atoms with Gasteiger partial charge in [0.25, 0.3) is 18.2 Å². The molecule has 1 aliphatic rings. The maximum atomic E-state index is 14.4. The van der Waals surface area contributed by atoms with Crippen molar-refractivity contribution in [3.05, 3.63) is 81.1 Å².